The highest BCUT2D eigenvalue weighted by Crippen LogP contribution is 2.36. The van der Waals surface area contributed by atoms with Crippen molar-refractivity contribution in [3.63, 3.8) is 0 Å². The predicted octanol–water partition coefficient (Wildman–Crippen LogP) is 6.84. The van der Waals surface area contributed by atoms with Crippen LogP contribution in [0.3, 0.4) is 0 Å². The number of nitrogens with zero attached hydrogens (tertiary/aromatic N) is 2. The first-order valence-corrected chi connectivity index (χ1v) is 17.8. The van der Waals surface area contributed by atoms with Crippen LogP contribution in [0.25, 0.3) is 0 Å². The highest BCUT2D eigenvalue weighted by molar-refractivity contribution is 7.13. The summed E-state index contributed by atoms with van der Waals surface area (Å²) in [5.74, 6) is 0.722. The first-order chi connectivity index (χ1) is 23.7. The van der Waals surface area contributed by atoms with Crippen molar-refractivity contribution in [2.45, 2.75) is 44.1 Å². The minimum Gasteiger partial charge on any atom is -0.493 e. The summed E-state index contributed by atoms with van der Waals surface area (Å²) in [6.07, 6.45) is 4.80. The van der Waals surface area contributed by atoms with E-state index in [-0.39, 0.29) is 18.5 Å². The van der Waals surface area contributed by atoms with Gasteiger partial charge in [-0.2, -0.15) is 0 Å². The molecule has 2 aromatic carbocycles. The predicted molar refractivity (Wildman–Crippen MR) is 188 cm³/mol. The molecule has 4 aromatic rings. The number of thiophene rings is 1. The molecular formula is C37H40Cl2N3O6S+. The number of fused-ring (bicyclic) bond motifs is 3. The van der Waals surface area contributed by atoms with E-state index in [4.69, 9.17) is 42.1 Å². The van der Waals surface area contributed by atoms with Crippen LogP contribution in [0.2, 0.25) is 10.0 Å². The van der Waals surface area contributed by atoms with E-state index < -0.39 is 18.1 Å². The summed E-state index contributed by atoms with van der Waals surface area (Å²) in [5, 5.41) is 0.853. The van der Waals surface area contributed by atoms with Crippen molar-refractivity contribution in [1.82, 2.24) is 9.80 Å². The second-order valence-electron chi connectivity index (χ2n) is 12.4. The van der Waals surface area contributed by atoms with E-state index in [0.717, 1.165) is 42.9 Å². The number of carbonyl (C=O) groups excluding carboxylic acids is 2. The fourth-order valence-corrected chi connectivity index (χ4v) is 8.18. The van der Waals surface area contributed by atoms with E-state index in [1.165, 1.54) is 11.3 Å². The third kappa shape index (κ3) is 8.22. The number of methoxy groups -OCH3 is 2. The Morgan fingerprint density at radius 2 is 1.67 bits per heavy atom. The first-order valence-electron chi connectivity index (χ1n) is 16.3. The summed E-state index contributed by atoms with van der Waals surface area (Å²) >= 11 is 14.3. The van der Waals surface area contributed by atoms with E-state index >= 15 is 0 Å². The lowest BCUT2D eigenvalue weighted by atomic mass is 9.86. The Kier molecular flexibility index (Phi) is 11.4. The van der Waals surface area contributed by atoms with Crippen molar-refractivity contribution in [3.8, 4) is 11.5 Å². The second-order valence-corrected chi connectivity index (χ2v) is 14.4. The van der Waals surface area contributed by atoms with Crippen molar-refractivity contribution in [1.29, 1.82) is 0 Å². The number of nitrogens with one attached hydrogen (secondary N) is 1. The number of pyridine rings is 1. The number of aromatic amines is 1. The van der Waals surface area contributed by atoms with Gasteiger partial charge >= 0.3 is 11.9 Å². The van der Waals surface area contributed by atoms with Crippen LogP contribution in [0, 0.1) is 5.92 Å². The zero-order valence-corrected chi connectivity index (χ0v) is 30.0. The number of rotatable bonds is 13. The normalized spacial score (nSPS) is 19.7. The summed E-state index contributed by atoms with van der Waals surface area (Å²) in [4.78, 5) is 36.1. The van der Waals surface area contributed by atoms with Crippen LogP contribution in [-0.2, 0) is 27.2 Å². The molecule has 0 spiro atoms. The van der Waals surface area contributed by atoms with Gasteiger partial charge in [0.1, 0.15) is 33.2 Å². The van der Waals surface area contributed by atoms with Crippen LogP contribution in [0.4, 0.5) is 0 Å². The number of ether oxygens (including phenoxy) is 4. The molecule has 3 fully saturated rings. The number of carbonyl (C=O) groups is 2. The molecule has 7 rings (SSSR count). The van der Waals surface area contributed by atoms with E-state index in [9.17, 15) is 9.59 Å². The third-order valence-corrected chi connectivity index (χ3v) is 11.1. The Labute approximate surface area is 300 Å². The molecule has 12 heteroatoms. The molecule has 2 bridgehead atoms. The van der Waals surface area contributed by atoms with Crippen molar-refractivity contribution in [3.05, 3.63) is 110 Å². The van der Waals surface area contributed by atoms with Crippen LogP contribution in [-0.4, -0.2) is 68.7 Å². The molecule has 0 saturated carbocycles. The molecule has 1 unspecified atom stereocenters. The van der Waals surface area contributed by atoms with Crippen LogP contribution in [0.5, 0.6) is 11.5 Å². The van der Waals surface area contributed by atoms with Gasteiger partial charge in [-0.05, 0) is 74.3 Å². The molecule has 1 N–H and O–H groups in total. The van der Waals surface area contributed by atoms with Gasteiger partial charge < -0.3 is 18.9 Å². The molecule has 258 valence electrons. The first kappa shape index (κ1) is 35.2. The third-order valence-electron chi connectivity index (χ3n) is 9.33. The molecule has 3 atom stereocenters. The molecule has 49 heavy (non-hydrogen) atoms. The van der Waals surface area contributed by atoms with E-state index in [1.54, 1.807) is 44.8 Å². The van der Waals surface area contributed by atoms with Crippen LogP contribution in [0.1, 0.15) is 56.2 Å². The SMILES string of the molecule is COc1ccc([C@H](Cc2c(Cl)c[nH+]cc2Cl)OC(=O)c2ccc(CN(C)C(C(=O)O[C@H]3CN4CCC3CC4)c3ccccc3)s2)cc1OC. The lowest BCUT2D eigenvalue weighted by molar-refractivity contribution is -0.377. The lowest BCUT2D eigenvalue weighted by Crippen LogP contribution is -2.52. The number of halogens is 2. The topological polar surface area (TPSA) is 91.7 Å². The van der Waals surface area contributed by atoms with Crippen molar-refractivity contribution in [2.75, 3.05) is 40.9 Å². The Balaban J connectivity index is 1.19. The average molecular weight is 726 g/mol. The van der Waals surface area contributed by atoms with Gasteiger partial charge in [0.05, 0.1) is 14.2 Å². The van der Waals surface area contributed by atoms with Crippen molar-refractivity contribution < 1.29 is 33.5 Å². The minimum absolute atomic E-state index is 0.0879. The summed E-state index contributed by atoms with van der Waals surface area (Å²) in [6.45, 7) is 3.37. The van der Waals surface area contributed by atoms with Gasteiger partial charge in [-0.1, -0.05) is 59.6 Å². The summed E-state index contributed by atoms with van der Waals surface area (Å²) in [5.41, 5.74) is 2.19. The molecule has 0 aliphatic carbocycles. The van der Waals surface area contributed by atoms with Crippen LogP contribution in [0.15, 0.2) is 73.1 Å². The smallest absolute Gasteiger partial charge is 0.348 e. The van der Waals surface area contributed by atoms with Gasteiger partial charge in [-0.25, -0.2) is 14.6 Å². The average Bonchev–Trinajstić information content (AvgIpc) is 3.58. The Bertz CT molecular complexity index is 1740. The number of likely N-dealkylation sites (N-methyl/N-ethyl adjacent to an activating group) is 1. The number of H-pyrrole nitrogens is 1. The maximum absolute atomic E-state index is 13.8. The summed E-state index contributed by atoms with van der Waals surface area (Å²) in [7, 11) is 5.02. The fraction of sp³-hybridized carbons (Fsp3) is 0.378. The van der Waals surface area contributed by atoms with Gasteiger partial charge in [0, 0.05) is 30.0 Å². The van der Waals surface area contributed by atoms with E-state index in [1.807, 2.05) is 54.4 Å². The van der Waals surface area contributed by atoms with E-state index in [0.29, 0.717) is 50.0 Å². The molecule has 0 amide bonds. The second kappa shape index (κ2) is 15.9. The van der Waals surface area contributed by atoms with Gasteiger partial charge in [0.2, 0.25) is 0 Å². The Morgan fingerprint density at radius 1 is 0.959 bits per heavy atom. The quantitative estimate of drug-likeness (QED) is 0.139. The van der Waals surface area contributed by atoms with Crippen LogP contribution < -0.4 is 14.5 Å². The summed E-state index contributed by atoms with van der Waals surface area (Å²) in [6, 6.07) is 18.1. The number of aromatic nitrogens is 1. The maximum atomic E-state index is 13.8. The Hall–Kier alpha value is -3.67. The fourth-order valence-electron chi connectivity index (χ4n) is 6.70. The number of hydrogen-bond acceptors (Lipinski definition) is 9. The van der Waals surface area contributed by atoms with Crippen LogP contribution >= 0.6 is 34.5 Å². The molecule has 3 saturated heterocycles. The lowest BCUT2D eigenvalue weighted by Gasteiger charge is -2.44. The Morgan fingerprint density at radius 3 is 2.33 bits per heavy atom. The van der Waals surface area contributed by atoms with Crippen molar-refractivity contribution in [2.24, 2.45) is 5.92 Å². The number of esters is 2. The molecule has 2 aromatic heterocycles. The van der Waals surface area contributed by atoms with Crippen molar-refractivity contribution >= 4 is 46.5 Å². The highest BCUT2D eigenvalue weighted by atomic mass is 35.5. The number of piperidine rings is 3. The van der Waals surface area contributed by atoms with E-state index in [2.05, 4.69) is 9.88 Å². The summed E-state index contributed by atoms with van der Waals surface area (Å²) < 4.78 is 23.3. The molecule has 9 nitrogen and oxygen atoms in total. The standard InChI is InChI=1S/C37H39Cl2N3O6S/c1-41(35(24-7-5-4-6-8-24)37(44)48-33-22-42-15-13-23(33)14-16-42)21-26-10-12-34(49-26)36(43)47-31(18-27-28(38)19-40-20-29(27)39)25-9-11-30(45-2)32(17-25)46-3/h4-12,17,19-20,23,31,33,35H,13-16,18,21-22H2,1-3H3/p+1/t31-,33-,35?/m0/s1. The molecular weight excluding hydrogens is 685 g/mol. The zero-order chi connectivity index (χ0) is 34.5. The molecule has 5 heterocycles. The monoisotopic (exact) mass is 724 g/mol. The maximum Gasteiger partial charge on any atom is 0.348 e. The van der Waals surface area contributed by atoms with Gasteiger partial charge in [-0.15, -0.1) is 11.3 Å². The molecule has 0 radical (unpaired) electrons. The highest BCUT2D eigenvalue weighted by Gasteiger charge is 2.38. The largest absolute Gasteiger partial charge is 0.493 e. The van der Waals surface area contributed by atoms with Gasteiger partial charge in [0.15, 0.2) is 23.9 Å². The van der Waals surface area contributed by atoms with Gasteiger partial charge in [-0.3, -0.25) is 9.80 Å². The zero-order valence-electron chi connectivity index (χ0n) is 27.7. The number of benzene rings is 2. The number of hydrogen-bond donors (Lipinski definition) is 0. The molecule has 3 aliphatic rings. The van der Waals surface area contributed by atoms with Gasteiger partial charge in [0.25, 0.3) is 0 Å². The minimum atomic E-state index is -0.735. The molecule has 3 aliphatic heterocycles.